The Kier molecular flexibility index (Phi) is 5.67. The first-order chi connectivity index (χ1) is 7.70. The highest BCUT2D eigenvalue weighted by atomic mass is 16.2. The lowest BCUT2D eigenvalue weighted by Crippen LogP contribution is -2.40. The second-order valence-electron chi connectivity index (χ2n) is 4.20. The lowest BCUT2D eigenvalue weighted by atomic mass is 10.2. The molecule has 3 N–H and O–H groups in total. The lowest BCUT2D eigenvalue weighted by Gasteiger charge is -2.20. The van der Waals surface area contributed by atoms with Crippen LogP contribution in [0.15, 0.2) is 0 Å². The van der Waals surface area contributed by atoms with Crippen molar-refractivity contribution in [1.29, 1.82) is 0 Å². The van der Waals surface area contributed by atoms with Crippen molar-refractivity contribution in [1.82, 2.24) is 10.2 Å². The van der Waals surface area contributed by atoms with E-state index in [0.29, 0.717) is 19.4 Å². The minimum atomic E-state index is -0.316. The average Bonchev–Trinajstić information content (AvgIpc) is 2.52. The first-order valence-electron chi connectivity index (χ1n) is 6.01. The summed E-state index contributed by atoms with van der Waals surface area (Å²) in [6, 6.07) is -0.00799. The van der Waals surface area contributed by atoms with Crippen LogP contribution in [0.2, 0.25) is 0 Å². The van der Waals surface area contributed by atoms with Crippen LogP contribution in [0, 0.1) is 0 Å². The minimum absolute atomic E-state index is 0.00799. The van der Waals surface area contributed by atoms with Gasteiger partial charge in [0.25, 0.3) is 0 Å². The van der Waals surface area contributed by atoms with Crippen molar-refractivity contribution in [3.8, 4) is 0 Å². The predicted octanol–water partition coefficient (Wildman–Crippen LogP) is 0.837. The van der Waals surface area contributed by atoms with E-state index in [1.54, 1.807) is 0 Å². The van der Waals surface area contributed by atoms with Gasteiger partial charge in [0.15, 0.2) is 0 Å². The van der Waals surface area contributed by atoms with Crippen molar-refractivity contribution >= 4 is 11.9 Å². The fraction of sp³-hybridized carbons (Fsp3) is 0.818. The van der Waals surface area contributed by atoms with Crippen LogP contribution in [0.1, 0.15) is 38.5 Å². The van der Waals surface area contributed by atoms with Crippen LogP contribution in [-0.4, -0.2) is 36.5 Å². The van der Waals surface area contributed by atoms with Crippen molar-refractivity contribution in [2.24, 2.45) is 5.73 Å². The summed E-state index contributed by atoms with van der Waals surface area (Å²) in [5.41, 5.74) is 5.01. The number of nitrogens with zero attached hydrogens (tertiary/aromatic N) is 1. The number of nitrogens with two attached hydrogens (primary N) is 1. The standard InChI is InChI=1S/C11H21N3O2/c12-10(15)6-5-7-13-11(16)14-8-3-1-2-4-9-14/h1-9H2,(H2,12,15)(H,13,16). The Balaban J connectivity index is 2.15. The summed E-state index contributed by atoms with van der Waals surface area (Å²) in [5, 5.41) is 2.81. The minimum Gasteiger partial charge on any atom is -0.370 e. The molecule has 0 bridgehead atoms. The van der Waals surface area contributed by atoms with Crippen LogP contribution in [0.3, 0.4) is 0 Å². The highest BCUT2D eigenvalue weighted by Crippen LogP contribution is 2.09. The maximum Gasteiger partial charge on any atom is 0.317 e. The number of hydrogen-bond donors (Lipinski definition) is 2. The van der Waals surface area contributed by atoms with Gasteiger partial charge in [0.2, 0.25) is 5.91 Å². The molecule has 92 valence electrons. The molecule has 1 aliphatic rings. The highest BCUT2D eigenvalue weighted by molar-refractivity contribution is 5.75. The van der Waals surface area contributed by atoms with E-state index in [2.05, 4.69) is 5.32 Å². The third-order valence-electron chi connectivity index (χ3n) is 2.77. The molecule has 0 aliphatic carbocycles. The van der Waals surface area contributed by atoms with Crippen LogP contribution in [0.5, 0.6) is 0 Å². The van der Waals surface area contributed by atoms with E-state index in [1.165, 1.54) is 12.8 Å². The molecule has 1 aliphatic heterocycles. The molecule has 1 fully saturated rings. The van der Waals surface area contributed by atoms with Gasteiger partial charge in [-0.25, -0.2) is 4.79 Å². The quantitative estimate of drug-likeness (QED) is 0.698. The molecule has 5 heteroatoms. The number of likely N-dealkylation sites (tertiary alicyclic amines) is 1. The number of rotatable bonds is 4. The molecule has 0 aromatic rings. The largest absolute Gasteiger partial charge is 0.370 e. The van der Waals surface area contributed by atoms with E-state index in [-0.39, 0.29) is 11.9 Å². The molecule has 16 heavy (non-hydrogen) atoms. The van der Waals surface area contributed by atoms with Gasteiger partial charge < -0.3 is 16.0 Å². The Morgan fingerprint density at radius 2 is 1.75 bits per heavy atom. The fourth-order valence-corrected chi connectivity index (χ4v) is 1.84. The molecule has 5 nitrogen and oxygen atoms in total. The van der Waals surface area contributed by atoms with Gasteiger partial charge in [-0.05, 0) is 19.3 Å². The number of primary amides is 1. The number of hydrogen-bond acceptors (Lipinski definition) is 2. The maximum atomic E-state index is 11.7. The van der Waals surface area contributed by atoms with Crippen LogP contribution in [0.4, 0.5) is 4.79 Å². The molecular weight excluding hydrogens is 206 g/mol. The van der Waals surface area contributed by atoms with Gasteiger partial charge in [0.05, 0.1) is 0 Å². The van der Waals surface area contributed by atoms with Gasteiger partial charge in [-0.1, -0.05) is 12.8 Å². The topological polar surface area (TPSA) is 75.4 Å². The van der Waals surface area contributed by atoms with Crippen molar-refractivity contribution in [3.63, 3.8) is 0 Å². The van der Waals surface area contributed by atoms with Crippen LogP contribution >= 0.6 is 0 Å². The zero-order valence-corrected chi connectivity index (χ0v) is 9.71. The maximum absolute atomic E-state index is 11.7. The highest BCUT2D eigenvalue weighted by Gasteiger charge is 2.14. The molecular formula is C11H21N3O2. The Morgan fingerprint density at radius 1 is 1.12 bits per heavy atom. The summed E-state index contributed by atoms with van der Waals surface area (Å²) in [6.45, 7) is 2.22. The number of urea groups is 1. The zero-order valence-electron chi connectivity index (χ0n) is 9.71. The Labute approximate surface area is 96.4 Å². The molecule has 3 amide bonds. The fourth-order valence-electron chi connectivity index (χ4n) is 1.84. The summed E-state index contributed by atoms with van der Waals surface area (Å²) >= 11 is 0. The number of nitrogens with one attached hydrogen (secondary N) is 1. The number of amides is 3. The average molecular weight is 227 g/mol. The Bertz CT molecular complexity index is 235. The van der Waals surface area contributed by atoms with E-state index in [9.17, 15) is 9.59 Å². The Hall–Kier alpha value is -1.26. The van der Waals surface area contributed by atoms with Gasteiger partial charge in [-0.2, -0.15) is 0 Å². The van der Waals surface area contributed by atoms with Gasteiger partial charge >= 0.3 is 6.03 Å². The zero-order chi connectivity index (χ0) is 11.8. The first kappa shape index (κ1) is 12.8. The number of carbonyl (C=O) groups excluding carboxylic acids is 2. The summed E-state index contributed by atoms with van der Waals surface area (Å²) in [5.74, 6) is -0.316. The van der Waals surface area contributed by atoms with Crippen molar-refractivity contribution in [3.05, 3.63) is 0 Å². The second-order valence-corrected chi connectivity index (χ2v) is 4.20. The van der Waals surface area contributed by atoms with E-state index >= 15 is 0 Å². The van der Waals surface area contributed by atoms with Gasteiger partial charge in [-0.3, -0.25) is 4.79 Å². The molecule has 0 atom stereocenters. The van der Waals surface area contributed by atoms with Gasteiger partial charge in [0.1, 0.15) is 0 Å². The van der Waals surface area contributed by atoms with Crippen LogP contribution in [0.25, 0.3) is 0 Å². The molecule has 0 radical (unpaired) electrons. The summed E-state index contributed by atoms with van der Waals surface area (Å²) in [6.07, 6.45) is 5.56. The van der Waals surface area contributed by atoms with Crippen molar-refractivity contribution in [2.45, 2.75) is 38.5 Å². The van der Waals surface area contributed by atoms with E-state index in [4.69, 9.17) is 5.73 Å². The van der Waals surface area contributed by atoms with E-state index in [1.807, 2.05) is 4.90 Å². The SMILES string of the molecule is NC(=O)CCCNC(=O)N1CCCCCC1. The molecule has 0 aromatic carbocycles. The summed E-state index contributed by atoms with van der Waals surface area (Å²) in [7, 11) is 0. The first-order valence-corrected chi connectivity index (χ1v) is 6.01. The molecule has 1 heterocycles. The van der Waals surface area contributed by atoms with Crippen molar-refractivity contribution < 1.29 is 9.59 Å². The molecule has 1 rings (SSSR count). The molecule has 0 saturated carbocycles. The second kappa shape index (κ2) is 7.09. The normalized spacial score (nSPS) is 16.6. The molecule has 0 spiro atoms. The van der Waals surface area contributed by atoms with Gasteiger partial charge in [0, 0.05) is 26.1 Å². The molecule has 0 unspecified atom stereocenters. The summed E-state index contributed by atoms with van der Waals surface area (Å²) < 4.78 is 0. The van der Waals surface area contributed by atoms with E-state index in [0.717, 1.165) is 25.9 Å². The lowest BCUT2D eigenvalue weighted by molar-refractivity contribution is -0.118. The monoisotopic (exact) mass is 227 g/mol. The van der Waals surface area contributed by atoms with Crippen LogP contribution < -0.4 is 11.1 Å². The van der Waals surface area contributed by atoms with Crippen molar-refractivity contribution in [2.75, 3.05) is 19.6 Å². The number of carbonyl (C=O) groups is 2. The molecule has 1 saturated heterocycles. The third-order valence-corrected chi connectivity index (χ3v) is 2.77. The van der Waals surface area contributed by atoms with E-state index < -0.39 is 0 Å². The van der Waals surface area contributed by atoms with Crippen LogP contribution in [-0.2, 0) is 4.79 Å². The van der Waals surface area contributed by atoms with Gasteiger partial charge in [-0.15, -0.1) is 0 Å². The molecule has 0 aromatic heterocycles. The third kappa shape index (κ3) is 5.00. The summed E-state index contributed by atoms with van der Waals surface area (Å²) in [4.78, 5) is 24.0. The smallest absolute Gasteiger partial charge is 0.317 e. The Morgan fingerprint density at radius 3 is 2.31 bits per heavy atom. The predicted molar refractivity (Wildman–Crippen MR) is 61.9 cm³/mol.